The quantitative estimate of drug-likeness (QED) is 0.245. The number of furan rings is 1. The van der Waals surface area contributed by atoms with Crippen LogP contribution in [0.3, 0.4) is 0 Å². The van der Waals surface area contributed by atoms with E-state index in [1.54, 1.807) is 0 Å². The van der Waals surface area contributed by atoms with E-state index in [1.807, 2.05) is 0 Å². The standard InChI is InChI=1S/C32H26N2O/c1-20-15-16-28-26-13-8-14-27(31(26)35-32(28)30(20)34-18-17-33(3)21(34)2)29-19-22-9-4-5-10-23(22)24-11-6-7-12-25(24)29/h4-19,21H,1-3H3/t21-/m1/s1. The highest BCUT2D eigenvalue weighted by atomic mass is 16.3. The SMILES string of the molecule is Cc1ccc2c(oc3c(-c4cc5ccccc5c5ccccc45)cccc32)c1N1C=CN(C)[C@H]1C. The first kappa shape index (κ1) is 20.2. The second kappa shape index (κ2) is 7.38. The summed E-state index contributed by atoms with van der Waals surface area (Å²) in [7, 11) is 2.11. The smallest absolute Gasteiger partial charge is 0.159 e. The second-order valence-electron chi connectivity index (χ2n) is 9.59. The first-order valence-electron chi connectivity index (χ1n) is 12.2. The van der Waals surface area contributed by atoms with Gasteiger partial charge in [-0.1, -0.05) is 78.9 Å². The molecule has 0 spiro atoms. The average molecular weight is 455 g/mol. The number of anilines is 1. The molecule has 6 aromatic rings. The number of benzene rings is 5. The Hall–Kier alpha value is -4.24. The van der Waals surface area contributed by atoms with E-state index in [-0.39, 0.29) is 6.17 Å². The summed E-state index contributed by atoms with van der Waals surface area (Å²) in [6.07, 6.45) is 4.51. The van der Waals surface area contributed by atoms with Crippen LogP contribution in [0, 0.1) is 6.92 Å². The molecule has 3 heteroatoms. The Morgan fingerprint density at radius 3 is 2.17 bits per heavy atom. The minimum atomic E-state index is 0.233. The minimum Gasteiger partial charge on any atom is -0.453 e. The van der Waals surface area contributed by atoms with Crippen LogP contribution in [0.15, 0.2) is 102 Å². The molecule has 0 radical (unpaired) electrons. The molecule has 0 saturated carbocycles. The van der Waals surface area contributed by atoms with Crippen LogP contribution in [0.5, 0.6) is 0 Å². The predicted octanol–water partition coefficient (Wildman–Crippen LogP) is 8.44. The maximum atomic E-state index is 6.81. The molecule has 0 aliphatic carbocycles. The van der Waals surface area contributed by atoms with Crippen LogP contribution in [0.1, 0.15) is 12.5 Å². The monoisotopic (exact) mass is 454 g/mol. The van der Waals surface area contributed by atoms with Crippen LogP contribution in [0.25, 0.3) is 54.6 Å². The fourth-order valence-electron chi connectivity index (χ4n) is 5.64. The van der Waals surface area contributed by atoms with Crippen LogP contribution in [0.4, 0.5) is 5.69 Å². The molecule has 1 aromatic heterocycles. The fourth-order valence-corrected chi connectivity index (χ4v) is 5.64. The van der Waals surface area contributed by atoms with Gasteiger partial charge >= 0.3 is 0 Å². The van der Waals surface area contributed by atoms with E-state index < -0.39 is 0 Å². The Balaban J connectivity index is 1.56. The molecule has 0 unspecified atom stereocenters. The van der Waals surface area contributed by atoms with Crippen LogP contribution in [-0.4, -0.2) is 18.1 Å². The summed E-state index contributed by atoms with van der Waals surface area (Å²) in [4.78, 5) is 4.53. The molecule has 35 heavy (non-hydrogen) atoms. The summed E-state index contributed by atoms with van der Waals surface area (Å²) < 4.78 is 6.81. The lowest BCUT2D eigenvalue weighted by atomic mass is 9.92. The van der Waals surface area contributed by atoms with E-state index in [4.69, 9.17) is 4.42 Å². The number of hydrogen-bond acceptors (Lipinski definition) is 3. The summed E-state index contributed by atoms with van der Waals surface area (Å²) in [5.74, 6) is 0. The van der Waals surface area contributed by atoms with Gasteiger partial charge in [-0.3, -0.25) is 0 Å². The summed E-state index contributed by atoms with van der Waals surface area (Å²) >= 11 is 0. The first-order valence-corrected chi connectivity index (χ1v) is 12.2. The summed E-state index contributed by atoms with van der Waals surface area (Å²) in [6.45, 7) is 4.38. The highest BCUT2D eigenvalue weighted by molar-refractivity contribution is 6.18. The van der Waals surface area contributed by atoms with Crippen molar-refractivity contribution in [2.45, 2.75) is 20.0 Å². The molecular formula is C32H26N2O. The van der Waals surface area contributed by atoms with Crippen molar-refractivity contribution in [2.75, 3.05) is 11.9 Å². The average Bonchev–Trinajstić information content (AvgIpc) is 3.43. The number of rotatable bonds is 2. The topological polar surface area (TPSA) is 19.6 Å². The Bertz CT molecular complexity index is 1810. The van der Waals surface area contributed by atoms with Crippen molar-refractivity contribution in [1.29, 1.82) is 0 Å². The maximum Gasteiger partial charge on any atom is 0.159 e. The van der Waals surface area contributed by atoms with E-state index in [0.29, 0.717) is 0 Å². The second-order valence-corrected chi connectivity index (χ2v) is 9.59. The highest BCUT2D eigenvalue weighted by Crippen LogP contribution is 2.44. The van der Waals surface area contributed by atoms with Gasteiger partial charge in [0, 0.05) is 35.8 Å². The lowest BCUT2D eigenvalue weighted by molar-refractivity contribution is 0.383. The Morgan fingerprint density at radius 2 is 1.37 bits per heavy atom. The van der Waals surface area contributed by atoms with Gasteiger partial charge in [-0.15, -0.1) is 0 Å². The third-order valence-corrected chi connectivity index (χ3v) is 7.61. The number of fused-ring (bicyclic) bond motifs is 6. The zero-order chi connectivity index (χ0) is 23.7. The van der Waals surface area contributed by atoms with Crippen molar-refractivity contribution in [3.63, 3.8) is 0 Å². The zero-order valence-corrected chi connectivity index (χ0v) is 20.1. The molecule has 170 valence electrons. The number of para-hydroxylation sites is 1. The van der Waals surface area contributed by atoms with E-state index in [9.17, 15) is 0 Å². The van der Waals surface area contributed by atoms with Crippen molar-refractivity contribution >= 4 is 49.2 Å². The lowest BCUT2D eigenvalue weighted by Crippen LogP contribution is -2.33. The van der Waals surface area contributed by atoms with Gasteiger partial charge in [0.2, 0.25) is 0 Å². The molecule has 0 bridgehead atoms. The normalized spacial score (nSPS) is 15.9. The predicted molar refractivity (Wildman–Crippen MR) is 148 cm³/mol. The van der Waals surface area contributed by atoms with Crippen LogP contribution >= 0.6 is 0 Å². The fraction of sp³-hybridized carbons (Fsp3) is 0.125. The van der Waals surface area contributed by atoms with Crippen LogP contribution in [-0.2, 0) is 0 Å². The van der Waals surface area contributed by atoms with Gasteiger partial charge in [0.05, 0.1) is 5.69 Å². The molecule has 2 heterocycles. The van der Waals surface area contributed by atoms with E-state index >= 15 is 0 Å². The molecule has 3 nitrogen and oxygen atoms in total. The summed E-state index contributed by atoms with van der Waals surface area (Å²) in [5, 5.41) is 7.34. The third-order valence-electron chi connectivity index (χ3n) is 7.61. The summed E-state index contributed by atoms with van der Waals surface area (Å²) in [5.41, 5.74) is 6.58. The Labute approximate surface area is 204 Å². The van der Waals surface area contributed by atoms with Crippen LogP contribution in [0.2, 0.25) is 0 Å². The Morgan fingerprint density at radius 1 is 0.657 bits per heavy atom. The third kappa shape index (κ3) is 2.85. The molecule has 7 rings (SSSR count). The van der Waals surface area contributed by atoms with Gasteiger partial charge in [0.1, 0.15) is 11.7 Å². The first-order chi connectivity index (χ1) is 17.1. The molecular weight excluding hydrogens is 428 g/mol. The molecule has 5 aromatic carbocycles. The van der Waals surface area contributed by atoms with Crippen molar-refractivity contribution in [1.82, 2.24) is 4.90 Å². The lowest BCUT2D eigenvalue weighted by Gasteiger charge is -2.28. The van der Waals surface area contributed by atoms with Gasteiger partial charge in [-0.05, 0) is 52.6 Å². The number of aryl methyl sites for hydroxylation is 1. The molecule has 1 atom stereocenters. The number of nitrogens with zero attached hydrogens (tertiary/aromatic N) is 2. The summed E-state index contributed by atoms with van der Waals surface area (Å²) in [6, 6.07) is 30.6. The number of hydrogen-bond donors (Lipinski definition) is 0. The van der Waals surface area contributed by atoms with Gasteiger partial charge in [0.15, 0.2) is 5.58 Å². The molecule has 0 fully saturated rings. The molecule has 1 aliphatic heterocycles. The van der Waals surface area contributed by atoms with Crippen molar-refractivity contribution in [2.24, 2.45) is 0 Å². The zero-order valence-electron chi connectivity index (χ0n) is 20.1. The highest BCUT2D eigenvalue weighted by Gasteiger charge is 2.26. The molecule has 1 aliphatic rings. The largest absolute Gasteiger partial charge is 0.453 e. The van der Waals surface area contributed by atoms with Crippen molar-refractivity contribution in [3.8, 4) is 11.1 Å². The van der Waals surface area contributed by atoms with Gasteiger partial charge in [0.25, 0.3) is 0 Å². The maximum absolute atomic E-state index is 6.81. The minimum absolute atomic E-state index is 0.233. The molecule has 0 saturated heterocycles. The van der Waals surface area contributed by atoms with Crippen molar-refractivity contribution in [3.05, 3.63) is 103 Å². The van der Waals surface area contributed by atoms with Gasteiger partial charge < -0.3 is 14.2 Å². The van der Waals surface area contributed by atoms with Gasteiger partial charge in [-0.25, -0.2) is 0 Å². The van der Waals surface area contributed by atoms with E-state index in [2.05, 4.69) is 128 Å². The van der Waals surface area contributed by atoms with Crippen molar-refractivity contribution < 1.29 is 4.42 Å². The molecule has 0 amide bonds. The van der Waals surface area contributed by atoms with E-state index in [0.717, 1.165) is 33.2 Å². The van der Waals surface area contributed by atoms with E-state index in [1.165, 1.54) is 32.7 Å². The van der Waals surface area contributed by atoms with Gasteiger partial charge in [-0.2, -0.15) is 0 Å². The van der Waals surface area contributed by atoms with Crippen LogP contribution < -0.4 is 4.90 Å². The Kier molecular flexibility index (Phi) is 4.25. The molecule has 0 N–H and O–H groups in total.